The van der Waals surface area contributed by atoms with Crippen LogP contribution >= 0.6 is 0 Å². The highest BCUT2D eigenvalue weighted by Crippen LogP contribution is 2.25. The maximum atomic E-state index is 12.8. The lowest BCUT2D eigenvalue weighted by atomic mass is 10.1. The lowest BCUT2D eigenvalue weighted by Crippen LogP contribution is -2.40. The lowest BCUT2D eigenvalue weighted by molar-refractivity contribution is -0.134. The maximum absolute atomic E-state index is 12.8. The highest BCUT2D eigenvalue weighted by Gasteiger charge is 2.25. The van der Waals surface area contributed by atoms with E-state index in [2.05, 4.69) is 15.0 Å². The summed E-state index contributed by atoms with van der Waals surface area (Å²) in [5.74, 6) is 1.80. The number of ether oxygens (including phenoxy) is 1. The Hall–Kier alpha value is -2.89. The molecule has 0 radical (unpaired) electrons. The van der Waals surface area contributed by atoms with E-state index in [-0.39, 0.29) is 11.9 Å². The van der Waals surface area contributed by atoms with Crippen LogP contribution < -0.4 is 4.74 Å². The van der Waals surface area contributed by atoms with Gasteiger partial charge in [-0.05, 0) is 19.1 Å². The first-order valence-electron chi connectivity index (χ1n) is 8.49. The number of nitrogens with one attached hydrogen (secondary N) is 1. The lowest BCUT2D eigenvalue weighted by Gasteiger charge is -2.26. The van der Waals surface area contributed by atoms with Crippen LogP contribution in [0.5, 0.6) is 5.75 Å². The monoisotopic (exact) mass is 336 g/mol. The topological polar surface area (TPSA) is 71.1 Å². The van der Waals surface area contributed by atoms with Crippen LogP contribution in [0.3, 0.4) is 0 Å². The Labute approximate surface area is 145 Å². The number of aromatic nitrogens is 3. The van der Waals surface area contributed by atoms with Crippen LogP contribution in [0.1, 0.15) is 24.7 Å². The fourth-order valence-electron chi connectivity index (χ4n) is 3.15. The second-order valence-electron chi connectivity index (χ2n) is 6.37. The number of hydrogen-bond acceptors (Lipinski definition) is 4. The maximum Gasteiger partial charge on any atom is 0.223 e. The predicted octanol–water partition coefficient (Wildman–Crippen LogP) is 2.70. The Balaban J connectivity index is 1.46. The van der Waals surface area contributed by atoms with E-state index in [9.17, 15) is 4.79 Å². The van der Waals surface area contributed by atoms with Crippen LogP contribution in [0.15, 0.2) is 42.7 Å². The van der Waals surface area contributed by atoms with Gasteiger partial charge in [-0.2, -0.15) is 0 Å². The number of para-hydroxylation sites is 1. The quantitative estimate of drug-likeness (QED) is 0.798. The molecule has 0 bridgehead atoms. The highest BCUT2D eigenvalue weighted by molar-refractivity contribution is 5.77. The van der Waals surface area contributed by atoms with E-state index >= 15 is 0 Å². The molecule has 1 aromatic carbocycles. The van der Waals surface area contributed by atoms with Gasteiger partial charge in [0, 0.05) is 31.1 Å². The zero-order valence-corrected chi connectivity index (χ0v) is 14.1. The average Bonchev–Trinajstić information content (AvgIpc) is 2.98. The summed E-state index contributed by atoms with van der Waals surface area (Å²) in [6, 6.07) is 9.81. The van der Waals surface area contributed by atoms with Crippen molar-refractivity contribution < 1.29 is 9.53 Å². The second kappa shape index (κ2) is 6.55. The molecule has 25 heavy (non-hydrogen) atoms. The summed E-state index contributed by atoms with van der Waals surface area (Å²) in [5, 5.41) is 0. The second-order valence-corrected chi connectivity index (χ2v) is 6.37. The van der Waals surface area contributed by atoms with Crippen LogP contribution in [-0.4, -0.2) is 38.4 Å². The molecule has 1 aliphatic heterocycles. The Morgan fingerprint density at radius 2 is 2.24 bits per heavy atom. The van der Waals surface area contributed by atoms with Gasteiger partial charge in [-0.3, -0.25) is 9.78 Å². The minimum Gasteiger partial charge on any atom is -0.491 e. The summed E-state index contributed by atoms with van der Waals surface area (Å²) in [7, 11) is 0. The van der Waals surface area contributed by atoms with Crippen molar-refractivity contribution in [2.45, 2.75) is 32.4 Å². The van der Waals surface area contributed by atoms with E-state index < -0.39 is 0 Å². The standard InChI is InChI=1S/C19H20N4O2/c1-13-12-25-17-5-3-2-4-14(17)11-23(13)19(24)7-6-18-21-15-8-9-20-10-16(15)22-18/h2-5,8-10,13H,6-7,11-12H2,1H3,(H,21,22). The molecule has 3 aromatic rings. The number of H-pyrrole nitrogens is 1. The Bertz CT molecular complexity index is 872. The Kier molecular flexibility index (Phi) is 4.09. The smallest absolute Gasteiger partial charge is 0.223 e. The molecule has 1 atom stereocenters. The van der Waals surface area contributed by atoms with Crippen molar-refractivity contribution in [2.75, 3.05) is 6.61 Å². The SMILES string of the molecule is CC1COc2ccccc2CN1C(=O)CCc1nc2ccncc2[nH]1. The van der Waals surface area contributed by atoms with E-state index in [1.807, 2.05) is 42.2 Å². The fraction of sp³-hybridized carbons (Fsp3) is 0.316. The largest absolute Gasteiger partial charge is 0.491 e. The summed E-state index contributed by atoms with van der Waals surface area (Å²) in [6.07, 6.45) is 4.46. The van der Waals surface area contributed by atoms with Crippen molar-refractivity contribution in [3.8, 4) is 5.75 Å². The number of imidazole rings is 1. The number of amides is 1. The van der Waals surface area contributed by atoms with Gasteiger partial charge in [0.15, 0.2) is 0 Å². The minimum atomic E-state index is 0.0415. The molecule has 1 N–H and O–H groups in total. The molecule has 6 heteroatoms. The van der Waals surface area contributed by atoms with Gasteiger partial charge in [0.1, 0.15) is 18.2 Å². The van der Waals surface area contributed by atoms with E-state index in [0.29, 0.717) is 26.0 Å². The van der Waals surface area contributed by atoms with E-state index in [1.54, 1.807) is 12.4 Å². The number of fused-ring (bicyclic) bond motifs is 2. The third-order valence-corrected chi connectivity index (χ3v) is 4.55. The van der Waals surface area contributed by atoms with E-state index in [1.165, 1.54) is 0 Å². The summed E-state index contributed by atoms with van der Waals surface area (Å²) in [5.41, 5.74) is 2.83. The van der Waals surface area contributed by atoms with Gasteiger partial charge in [-0.15, -0.1) is 0 Å². The van der Waals surface area contributed by atoms with Crippen LogP contribution in [0, 0.1) is 0 Å². The number of pyridine rings is 1. The minimum absolute atomic E-state index is 0.0415. The number of aromatic amines is 1. The zero-order valence-electron chi connectivity index (χ0n) is 14.1. The number of carbonyl (C=O) groups excluding carboxylic acids is 1. The van der Waals surface area contributed by atoms with E-state index in [0.717, 1.165) is 28.2 Å². The molecular formula is C19H20N4O2. The van der Waals surface area contributed by atoms with Crippen LogP contribution in [0.4, 0.5) is 0 Å². The normalized spacial score (nSPS) is 17.0. The summed E-state index contributed by atoms with van der Waals surface area (Å²) < 4.78 is 5.82. The van der Waals surface area contributed by atoms with Crippen LogP contribution in [0.2, 0.25) is 0 Å². The third kappa shape index (κ3) is 3.20. The van der Waals surface area contributed by atoms with Crippen LogP contribution in [-0.2, 0) is 17.8 Å². The molecule has 2 aromatic heterocycles. The first-order chi connectivity index (χ1) is 12.2. The third-order valence-electron chi connectivity index (χ3n) is 4.55. The highest BCUT2D eigenvalue weighted by atomic mass is 16.5. The molecule has 4 rings (SSSR count). The molecule has 0 aliphatic carbocycles. The van der Waals surface area contributed by atoms with Crippen molar-refractivity contribution in [2.24, 2.45) is 0 Å². The number of carbonyl (C=O) groups is 1. The van der Waals surface area contributed by atoms with Gasteiger partial charge in [0.05, 0.1) is 23.3 Å². The molecule has 0 saturated carbocycles. The molecule has 1 unspecified atom stereocenters. The first kappa shape index (κ1) is 15.6. The number of rotatable bonds is 3. The zero-order chi connectivity index (χ0) is 17.2. The Morgan fingerprint density at radius 1 is 1.36 bits per heavy atom. The summed E-state index contributed by atoms with van der Waals surface area (Å²) >= 11 is 0. The molecular weight excluding hydrogens is 316 g/mol. The molecule has 128 valence electrons. The molecule has 0 spiro atoms. The predicted molar refractivity (Wildman–Crippen MR) is 94.2 cm³/mol. The first-order valence-corrected chi connectivity index (χ1v) is 8.49. The number of hydrogen-bond donors (Lipinski definition) is 1. The molecule has 6 nitrogen and oxygen atoms in total. The molecule has 3 heterocycles. The summed E-state index contributed by atoms with van der Waals surface area (Å²) in [4.78, 5) is 26.5. The van der Waals surface area contributed by atoms with Crippen molar-refractivity contribution in [3.63, 3.8) is 0 Å². The molecule has 0 fully saturated rings. The summed E-state index contributed by atoms with van der Waals surface area (Å²) in [6.45, 7) is 3.12. The van der Waals surface area contributed by atoms with Gasteiger partial charge in [0.25, 0.3) is 0 Å². The van der Waals surface area contributed by atoms with Gasteiger partial charge in [0.2, 0.25) is 5.91 Å². The number of nitrogens with zero attached hydrogens (tertiary/aromatic N) is 3. The van der Waals surface area contributed by atoms with E-state index in [4.69, 9.17) is 4.74 Å². The van der Waals surface area contributed by atoms with Gasteiger partial charge < -0.3 is 14.6 Å². The number of aryl methyl sites for hydroxylation is 1. The average molecular weight is 336 g/mol. The Morgan fingerprint density at radius 3 is 3.12 bits per heavy atom. The van der Waals surface area contributed by atoms with Crippen molar-refractivity contribution in [3.05, 3.63) is 54.1 Å². The fourth-order valence-corrected chi connectivity index (χ4v) is 3.15. The van der Waals surface area contributed by atoms with Gasteiger partial charge >= 0.3 is 0 Å². The van der Waals surface area contributed by atoms with Crippen molar-refractivity contribution >= 4 is 16.9 Å². The molecule has 1 amide bonds. The van der Waals surface area contributed by atoms with Crippen LogP contribution in [0.25, 0.3) is 11.0 Å². The van der Waals surface area contributed by atoms with Crippen molar-refractivity contribution in [1.82, 2.24) is 19.9 Å². The molecule has 1 aliphatic rings. The number of benzene rings is 1. The molecule has 0 saturated heterocycles. The van der Waals surface area contributed by atoms with Gasteiger partial charge in [-0.25, -0.2) is 4.98 Å². The van der Waals surface area contributed by atoms with Crippen molar-refractivity contribution in [1.29, 1.82) is 0 Å². The van der Waals surface area contributed by atoms with Gasteiger partial charge in [-0.1, -0.05) is 18.2 Å².